The molecule has 1 aromatic rings. The summed E-state index contributed by atoms with van der Waals surface area (Å²) in [5.74, 6) is 0.524. The normalized spacial score (nSPS) is 21.6. The molecule has 1 aliphatic heterocycles. The Morgan fingerprint density at radius 1 is 1.62 bits per heavy atom. The Morgan fingerprint density at radius 3 is 3.06 bits per heavy atom. The van der Waals surface area contributed by atoms with Crippen LogP contribution in [0.4, 0.5) is 0 Å². The summed E-state index contributed by atoms with van der Waals surface area (Å²) in [6.07, 6.45) is 1.12. The summed E-state index contributed by atoms with van der Waals surface area (Å²) in [6, 6.07) is 0. The minimum Gasteiger partial charge on any atom is -0.381 e. The van der Waals surface area contributed by atoms with Crippen molar-refractivity contribution in [3.63, 3.8) is 0 Å². The number of aromatic nitrogens is 1. The lowest BCUT2D eigenvalue weighted by molar-refractivity contribution is 0.194. The van der Waals surface area contributed by atoms with Crippen LogP contribution in [0.5, 0.6) is 0 Å². The van der Waals surface area contributed by atoms with Crippen molar-refractivity contribution >= 4 is 11.3 Å². The molecule has 0 aromatic carbocycles. The Labute approximate surface area is 101 Å². The molecule has 16 heavy (non-hydrogen) atoms. The van der Waals surface area contributed by atoms with Crippen molar-refractivity contribution < 1.29 is 4.74 Å². The summed E-state index contributed by atoms with van der Waals surface area (Å²) in [5, 5.41) is 6.87. The van der Waals surface area contributed by atoms with Crippen molar-refractivity contribution in [2.24, 2.45) is 0 Å². The van der Waals surface area contributed by atoms with Gasteiger partial charge in [-0.2, -0.15) is 0 Å². The molecule has 1 aromatic heterocycles. The number of hydrogen-bond acceptors (Lipinski definition) is 4. The Kier molecular flexibility index (Phi) is 3.62. The maximum atomic E-state index is 5.40. The fourth-order valence-electron chi connectivity index (χ4n) is 2.02. The number of thiazole rings is 1. The van der Waals surface area contributed by atoms with E-state index in [4.69, 9.17) is 9.72 Å². The van der Waals surface area contributed by atoms with Gasteiger partial charge in [0.1, 0.15) is 0 Å². The van der Waals surface area contributed by atoms with Crippen LogP contribution < -0.4 is 5.32 Å². The minimum absolute atomic E-state index is 0.0248. The van der Waals surface area contributed by atoms with Crippen molar-refractivity contribution in [3.05, 3.63) is 16.1 Å². The summed E-state index contributed by atoms with van der Waals surface area (Å²) in [6.45, 7) is 9.18. The fraction of sp³-hybridized carbons (Fsp3) is 0.750. The van der Waals surface area contributed by atoms with E-state index in [9.17, 15) is 0 Å². The zero-order valence-electron chi connectivity index (χ0n) is 10.2. The first-order valence-electron chi connectivity index (χ1n) is 5.92. The standard InChI is InChI=1S/C12H20N2OS/c1-4-13-12(2,3)10-8-16-11(14-10)9-5-6-15-7-9/h8-9,13H,4-7H2,1-3H3. The highest BCUT2D eigenvalue weighted by Crippen LogP contribution is 2.30. The van der Waals surface area contributed by atoms with E-state index in [0.717, 1.165) is 31.9 Å². The molecule has 1 saturated heterocycles. The minimum atomic E-state index is -0.0248. The molecule has 0 radical (unpaired) electrons. The second kappa shape index (κ2) is 4.82. The van der Waals surface area contributed by atoms with E-state index in [-0.39, 0.29) is 5.54 Å². The second-order valence-electron chi connectivity index (χ2n) is 4.79. The van der Waals surface area contributed by atoms with Gasteiger partial charge in [0, 0.05) is 17.9 Å². The van der Waals surface area contributed by atoms with E-state index in [1.165, 1.54) is 5.01 Å². The summed E-state index contributed by atoms with van der Waals surface area (Å²) in [7, 11) is 0. The largest absolute Gasteiger partial charge is 0.381 e. The molecule has 1 aliphatic rings. The third-order valence-electron chi connectivity index (χ3n) is 3.06. The molecule has 90 valence electrons. The van der Waals surface area contributed by atoms with Crippen molar-refractivity contribution in [2.45, 2.75) is 38.6 Å². The fourth-order valence-corrected chi connectivity index (χ4v) is 3.13. The highest BCUT2D eigenvalue weighted by molar-refractivity contribution is 7.09. The quantitative estimate of drug-likeness (QED) is 0.878. The van der Waals surface area contributed by atoms with Crippen LogP contribution in [-0.4, -0.2) is 24.7 Å². The summed E-state index contributed by atoms with van der Waals surface area (Å²) < 4.78 is 5.40. The molecule has 0 aliphatic carbocycles. The highest BCUT2D eigenvalue weighted by Gasteiger charge is 2.26. The number of ether oxygens (including phenoxy) is 1. The molecular weight excluding hydrogens is 220 g/mol. The van der Waals surface area contributed by atoms with Gasteiger partial charge in [-0.3, -0.25) is 0 Å². The van der Waals surface area contributed by atoms with Crippen molar-refractivity contribution in [1.82, 2.24) is 10.3 Å². The summed E-state index contributed by atoms with van der Waals surface area (Å²) in [4.78, 5) is 4.76. The van der Waals surface area contributed by atoms with Gasteiger partial charge in [-0.25, -0.2) is 4.98 Å². The van der Waals surface area contributed by atoms with E-state index >= 15 is 0 Å². The number of nitrogens with one attached hydrogen (secondary N) is 1. The van der Waals surface area contributed by atoms with Crippen LogP contribution in [0.2, 0.25) is 0 Å². The number of hydrogen-bond donors (Lipinski definition) is 1. The predicted molar refractivity (Wildman–Crippen MR) is 67.0 cm³/mol. The molecule has 0 bridgehead atoms. The van der Waals surface area contributed by atoms with Crippen LogP contribution in [0.1, 0.15) is 43.8 Å². The average Bonchev–Trinajstić information content (AvgIpc) is 2.89. The molecule has 3 nitrogen and oxygen atoms in total. The van der Waals surface area contributed by atoms with Gasteiger partial charge in [0.05, 0.1) is 22.8 Å². The Bertz CT molecular complexity index is 343. The van der Waals surface area contributed by atoms with Crippen LogP contribution in [0.25, 0.3) is 0 Å². The molecule has 0 saturated carbocycles. The van der Waals surface area contributed by atoms with Crippen molar-refractivity contribution in [2.75, 3.05) is 19.8 Å². The predicted octanol–water partition coefficient (Wildman–Crippen LogP) is 2.49. The first kappa shape index (κ1) is 12.0. The summed E-state index contributed by atoms with van der Waals surface area (Å²) >= 11 is 1.77. The van der Waals surface area contributed by atoms with E-state index < -0.39 is 0 Å². The van der Waals surface area contributed by atoms with Crippen LogP contribution >= 0.6 is 11.3 Å². The van der Waals surface area contributed by atoms with Crippen LogP contribution in [0, 0.1) is 0 Å². The van der Waals surface area contributed by atoms with Gasteiger partial charge in [0.25, 0.3) is 0 Å². The van der Waals surface area contributed by atoms with Gasteiger partial charge in [-0.15, -0.1) is 11.3 Å². The molecule has 1 atom stereocenters. The van der Waals surface area contributed by atoms with Gasteiger partial charge in [0.15, 0.2) is 0 Å². The highest BCUT2D eigenvalue weighted by atomic mass is 32.1. The monoisotopic (exact) mass is 240 g/mol. The van der Waals surface area contributed by atoms with Gasteiger partial charge >= 0.3 is 0 Å². The smallest absolute Gasteiger partial charge is 0.0984 e. The van der Waals surface area contributed by atoms with Crippen LogP contribution in [0.3, 0.4) is 0 Å². The lowest BCUT2D eigenvalue weighted by Crippen LogP contribution is -2.36. The van der Waals surface area contributed by atoms with Gasteiger partial charge in [-0.05, 0) is 26.8 Å². The lowest BCUT2D eigenvalue weighted by atomic mass is 10.0. The summed E-state index contributed by atoms with van der Waals surface area (Å²) in [5.41, 5.74) is 1.13. The van der Waals surface area contributed by atoms with E-state index in [0.29, 0.717) is 5.92 Å². The first-order valence-corrected chi connectivity index (χ1v) is 6.80. The van der Waals surface area contributed by atoms with Gasteiger partial charge < -0.3 is 10.1 Å². The zero-order valence-corrected chi connectivity index (χ0v) is 11.1. The Hall–Kier alpha value is -0.450. The maximum Gasteiger partial charge on any atom is 0.0984 e. The van der Waals surface area contributed by atoms with Crippen LogP contribution in [0.15, 0.2) is 5.38 Å². The molecule has 1 unspecified atom stereocenters. The third-order valence-corrected chi connectivity index (χ3v) is 4.07. The molecular formula is C12H20N2OS. The van der Waals surface area contributed by atoms with Crippen LogP contribution in [-0.2, 0) is 10.3 Å². The van der Waals surface area contributed by atoms with Crippen molar-refractivity contribution in [3.8, 4) is 0 Å². The zero-order chi connectivity index (χ0) is 11.6. The third kappa shape index (κ3) is 2.44. The van der Waals surface area contributed by atoms with E-state index in [1.807, 2.05) is 0 Å². The molecule has 0 amide bonds. The first-order chi connectivity index (χ1) is 7.63. The average molecular weight is 240 g/mol. The molecule has 4 heteroatoms. The Morgan fingerprint density at radius 2 is 2.44 bits per heavy atom. The Balaban J connectivity index is 2.12. The topological polar surface area (TPSA) is 34.1 Å². The van der Waals surface area contributed by atoms with E-state index in [1.54, 1.807) is 11.3 Å². The molecule has 1 N–H and O–H groups in total. The van der Waals surface area contributed by atoms with E-state index in [2.05, 4.69) is 31.5 Å². The molecule has 2 rings (SSSR count). The maximum absolute atomic E-state index is 5.40. The lowest BCUT2D eigenvalue weighted by Gasteiger charge is -2.23. The van der Waals surface area contributed by atoms with Gasteiger partial charge in [0.2, 0.25) is 0 Å². The van der Waals surface area contributed by atoms with Gasteiger partial charge in [-0.1, -0.05) is 6.92 Å². The molecule has 1 fully saturated rings. The second-order valence-corrected chi connectivity index (χ2v) is 5.68. The SMILES string of the molecule is CCNC(C)(C)c1csc(C2CCOC2)n1. The molecule has 0 spiro atoms. The molecule has 2 heterocycles. The number of nitrogens with zero attached hydrogens (tertiary/aromatic N) is 1. The van der Waals surface area contributed by atoms with Crippen molar-refractivity contribution in [1.29, 1.82) is 0 Å². The number of rotatable bonds is 4.